The summed E-state index contributed by atoms with van der Waals surface area (Å²) in [5.74, 6) is 0. The Hall–Kier alpha value is 0.390. The molecule has 3 nitrogen and oxygen atoms in total. The summed E-state index contributed by atoms with van der Waals surface area (Å²) in [6.45, 7) is 5.56. The Morgan fingerprint density at radius 2 is 1.83 bits per heavy atom. The van der Waals surface area contributed by atoms with Gasteiger partial charge in [-0.25, -0.2) is 13.1 Å². The van der Waals surface area contributed by atoms with E-state index in [0.29, 0.717) is 6.54 Å². The molecule has 0 unspecified atom stereocenters. The molecular weight excluding hydrogens is 242 g/mol. The average Bonchev–Trinajstić information content (AvgIpc) is 1.85. The van der Waals surface area contributed by atoms with Crippen LogP contribution < -0.4 is 4.72 Å². The maximum Gasteiger partial charge on any atom is 0.216 e. The van der Waals surface area contributed by atoms with E-state index in [4.69, 9.17) is 0 Å². The molecular formula is C7H16BrNO2S. The third kappa shape index (κ3) is 3.87. The first kappa shape index (κ1) is 12.4. The summed E-state index contributed by atoms with van der Waals surface area (Å²) in [6.07, 6.45) is 0.815. The molecule has 74 valence electrons. The van der Waals surface area contributed by atoms with Crippen molar-refractivity contribution >= 4 is 26.0 Å². The predicted octanol–water partition coefficient (Wildman–Crippen LogP) is 1.49. The Balaban J connectivity index is 4.08. The number of sulfonamides is 1. The monoisotopic (exact) mass is 257 g/mol. The number of hydrogen-bond acceptors (Lipinski definition) is 2. The summed E-state index contributed by atoms with van der Waals surface area (Å²) < 4.78 is 24.6. The number of alkyl halides is 1. The van der Waals surface area contributed by atoms with Gasteiger partial charge in [-0.1, -0.05) is 15.9 Å². The van der Waals surface area contributed by atoms with Gasteiger partial charge in [0, 0.05) is 11.9 Å². The predicted molar refractivity (Wildman–Crippen MR) is 55.1 cm³/mol. The number of nitrogens with one attached hydrogen (secondary N) is 1. The largest absolute Gasteiger partial charge is 0.216 e. The minimum atomic E-state index is -3.14. The fraction of sp³-hybridized carbons (Fsp3) is 1.00. The third-order valence-electron chi connectivity index (χ3n) is 1.41. The first-order valence-electron chi connectivity index (χ1n) is 3.86. The Labute approximate surface area is 83.1 Å². The van der Waals surface area contributed by atoms with Crippen LogP contribution in [-0.2, 0) is 10.0 Å². The van der Waals surface area contributed by atoms with Gasteiger partial charge in [0.15, 0.2) is 0 Å². The molecule has 0 saturated heterocycles. The molecule has 0 bridgehead atoms. The molecule has 0 heterocycles. The average molecular weight is 258 g/mol. The molecule has 0 aromatic carbocycles. The van der Waals surface area contributed by atoms with Gasteiger partial charge >= 0.3 is 0 Å². The molecule has 5 heteroatoms. The zero-order valence-corrected chi connectivity index (χ0v) is 10.1. The molecule has 0 atom stereocenters. The summed E-state index contributed by atoms with van der Waals surface area (Å²) in [4.78, 5) is 0. The van der Waals surface area contributed by atoms with E-state index in [1.807, 2.05) is 0 Å². The summed E-state index contributed by atoms with van der Waals surface area (Å²) in [5, 5.41) is 0.819. The van der Waals surface area contributed by atoms with E-state index in [1.54, 1.807) is 20.8 Å². The van der Waals surface area contributed by atoms with Crippen LogP contribution in [0.25, 0.3) is 0 Å². The van der Waals surface area contributed by atoms with Crippen LogP contribution in [0.1, 0.15) is 27.2 Å². The van der Waals surface area contributed by atoms with E-state index in [9.17, 15) is 8.42 Å². The summed E-state index contributed by atoms with van der Waals surface area (Å²) >= 11 is 3.23. The normalized spacial score (nSPS) is 13.3. The molecule has 0 aromatic heterocycles. The minimum Gasteiger partial charge on any atom is -0.215 e. The summed E-state index contributed by atoms with van der Waals surface area (Å²) in [7, 11) is -3.14. The molecule has 0 aliphatic rings. The highest BCUT2D eigenvalue weighted by atomic mass is 79.9. The highest BCUT2D eigenvalue weighted by Crippen LogP contribution is 2.12. The molecule has 0 amide bonds. The van der Waals surface area contributed by atoms with Gasteiger partial charge in [0.1, 0.15) is 0 Å². The van der Waals surface area contributed by atoms with Crippen molar-refractivity contribution in [2.45, 2.75) is 31.9 Å². The topological polar surface area (TPSA) is 46.2 Å². The Bertz CT molecular complexity index is 218. The quantitative estimate of drug-likeness (QED) is 0.613. The Kier molecular flexibility index (Phi) is 4.73. The second-order valence-corrected chi connectivity index (χ2v) is 6.87. The van der Waals surface area contributed by atoms with Crippen molar-refractivity contribution in [1.82, 2.24) is 4.72 Å². The van der Waals surface area contributed by atoms with E-state index < -0.39 is 14.8 Å². The number of halogens is 1. The first-order valence-corrected chi connectivity index (χ1v) is 6.47. The summed E-state index contributed by atoms with van der Waals surface area (Å²) in [5.41, 5.74) is 0. The molecule has 0 rings (SSSR count). The van der Waals surface area contributed by atoms with Crippen molar-refractivity contribution in [3.8, 4) is 0 Å². The van der Waals surface area contributed by atoms with Gasteiger partial charge in [-0.05, 0) is 27.2 Å². The van der Waals surface area contributed by atoms with Crippen LogP contribution in [0.15, 0.2) is 0 Å². The molecule has 12 heavy (non-hydrogen) atoms. The first-order chi connectivity index (χ1) is 5.31. The van der Waals surface area contributed by atoms with Crippen molar-refractivity contribution in [3.05, 3.63) is 0 Å². The van der Waals surface area contributed by atoms with Crippen LogP contribution >= 0.6 is 15.9 Å². The van der Waals surface area contributed by atoms with Gasteiger partial charge in [0.2, 0.25) is 10.0 Å². The van der Waals surface area contributed by atoms with E-state index in [0.717, 1.165) is 11.8 Å². The minimum absolute atomic E-state index is 0.505. The number of hydrogen-bond donors (Lipinski definition) is 1. The standard InChI is InChI=1S/C7H16BrNO2S/c1-7(2,3)12(10,11)9-6-4-5-8/h9H,4-6H2,1-3H3. The molecule has 0 radical (unpaired) electrons. The van der Waals surface area contributed by atoms with E-state index >= 15 is 0 Å². The number of rotatable bonds is 4. The molecule has 0 aliphatic heterocycles. The van der Waals surface area contributed by atoms with Crippen molar-refractivity contribution in [1.29, 1.82) is 0 Å². The van der Waals surface area contributed by atoms with E-state index in [-0.39, 0.29) is 0 Å². The maximum absolute atomic E-state index is 11.4. The zero-order valence-electron chi connectivity index (χ0n) is 7.72. The highest BCUT2D eigenvalue weighted by molar-refractivity contribution is 9.09. The van der Waals surface area contributed by atoms with Crippen LogP contribution in [0.5, 0.6) is 0 Å². The van der Waals surface area contributed by atoms with E-state index in [1.165, 1.54) is 0 Å². The maximum atomic E-state index is 11.4. The zero-order chi connectivity index (χ0) is 9.83. The lowest BCUT2D eigenvalue weighted by atomic mass is 10.3. The SMILES string of the molecule is CC(C)(C)S(=O)(=O)NCCCBr. The van der Waals surface area contributed by atoms with E-state index in [2.05, 4.69) is 20.7 Å². The van der Waals surface area contributed by atoms with Gasteiger partial charge in [0.25, 0.3) is 0 Å². The molecule has 0 spiro atoms. The van der Waals surface area contributed by atoms with Crippen molar-refractivity contribution in [2.75, 3.05) is 11.9 Å². The molecule has 0 aromatic rings. The lowest BCUT2D eigenvalue weighted by Crippen LogP contribution is -2.39. The lowest BCUT2D eigenvalue weighted by molar-refractivity contribution is 0.544. The van der Waals surface area contributed by atoms with Crippen molar-refractivity contribution < 1.29 is 8.42 Å². The van der Waals surface area contributed by atoms with Crippen LogP contribution in [0.3, 0.4) is 0 Å². The third-order valence-corrected chi connectivity index (χ3v) is 4.17. The molecule has 1 N–H and O–H groups in total. The van der Waals surface area contributed by atoms with Crippen LogP contribution in [0, 0.1) is 0 Å². The molecule has 0 saturated carbocycles. The van der Waals surface area contributed by atoms with Gasteiger partial charge in [0.05, 0.1) is 4.75 Å². The fourth-order valence-corrected chi connectivity index (χ4v) is 1.62. The van der Waals surface area contributed by atoms with Gasteiger partial charge in [-0.2, -0.15) is 0 Å². The second kappa shape index (κ2) is 4.58. The second-order valence-electron chi connectivity index (χ2n) is 3.55. The summed E-state index contributed by atoms with van der Waals surface area (Å²) in [6, 6.07) is 0. The van der Waals surface area contributed by atoms with Gasteiger partial charge in [-0.3, -0.25) is 0 Å². The fourth-order valence-electron chi connectivity index (χ4n) is 0.490. The van der Waals surface area contributed by atoms with Crippen molar-refractivity contribution in [3.63, 3.8) is 0 Å². The highest BCUT2D eigenvalue weighted by Gasteiger charge is 2.27. The Morgan fingerprint density at radius 3 is 2.17 bits per heavy atom. The molecule has 0 aliphatic carbocycles. The van der Waals surface area contributed by atoms with Gasteiger partial charge < -0.3 is 0 Å². The van der Waals surface area contributed by atoms with Crippen LogP contribution in [0.4, 0.5) is 0 Å². The van der Waals surface area contributed by atoms with Gasteiger partial charge in [-0.15, -0.1) is 0 Å². The van der Waals surface area contributed by atoms with Crippen molar-refractivity contribution in [2.24, 2.45) is 0 Å². The van der Waals surface area contributed by atoms with Crippen LogP contribution in [0.2, 0.25) is 0 Å². The molecule has 0 fully saturated rings. The van der Waals surface area contributed by atoms with Crippen LogP contribution in [-0.4, -0.2) is 25.0 Å². The Morgan fingerprint density at radius 1 is 1.33 bits per heavy atom. The smallest absolute Gasteiger partial charge is 0.215 e. The lowest BCUT2D eigenvalue weighted by Gasteiger charge is -2.19.